The molecule has 3 aromatic rings. The molecule has 30 heavy (non-hydrogen) atoms. The number of aromatic nitrogens is 1. The average Bonchev–Trinajstić information content (AvgIpc) is 2.73. The number of pyridine rings is 1. The third-order valence-electron chi connectivity index (χ3n) is 4.96. The summed E-state index contributed by atoms with van der Waals surface area (Å²) >= 11 is 1.60. The van der Waals surface area contributed by atoms with E-state index in [1.165, 1.54) is 12.3 Å². The van der Waals surface area contributed by atoms with Gasteiger partial charge in [-0.05, 0) is 56.0 Å². The van der Waals surface area contributed by atoms with Crippen molar-refractivity contribution in [2.75, 3.05) is 6.26 Å². The van der Waals surface area contributed by atoms with Gasteiger partial charge in [0.15, 0.2) is 0 Å². The number of aryl methyl sites for hydroxylation is 1. The zero-order valence-corrected chi connectivity index (χ0v) is 17.5. The molecule has 0 spiro atoms. The topological polar surface area (TPSA) is 51.1 Å². The van der Waals surface area contributed by atoms with E-state index >= 15 is 0 Å². The number of carbonyl (C=O) groups is 1. The van der Waals surface area contributed by atoms with Crippen LogP contribution >= 0.6 is 11.8 Å². The number of halogens is 3. The SMILES string of the molecule is CCn1cc(C(=O)N[C@@H](C)c2ccc(SC)cc2)c(=O)c2cc(C(F)(F)F)ccc21. The summed E-state index contributed by atoms with van der Waals surface area (Å²) in [6.07, 6.45) is -1.22. The van der Waals surface area contributed by atoms with E-state index in [1.807, 2.05) is 30.5 Å². The van der Waals surface area contributed by atoms with Gasteiger partial charge in [-0.2, -0.15) is 13.2 Å². The Bertz CT molecular complexity index is 1140. The maximum atomic E-state index is 13.1. The maximum Gasteiger partial charge on any atom is 0.416 e. The summed E-state index contributed by atoms with van der Waals surface area (Å²) in [5.41, 5.74) is -0.612. The van der Waals surface area contributed by atoms with Crippen molar-refractivity contribution in [3.8, 4) is 0 Å². The number of hydrogen-bond donors (Lipinski definition) is 1. The minimum absolute atomic E-state index is 0.128. The van der Waals surface area contributed by atoms with Gasteiger partial charge in [0.2, 0.25) is 5.43 Å². The lowest BCUT2D eigenvalue weighted by atomic mass is 10.1. The van der Waals surface area contributed by atoms with Crippen molar-refractivity contribution in [1.82, 2.24) is 9.88 Å². The van der Waals surface area contributed by atoms with E-state index in [2.05, 4.69) is 5.32 Å². The molecular formula is C22H21F3N2O2S. The maximum absolute atomic E-state index is 13.1. The molecule has 3 rings (SSSR count). The van der Waals surface area contributed by atoms with E-state index < -0.39 is 23.1 Å². The largest absolute Gasteiger partial charge is 0.416 e. The summed E-state index contributed by atoms with van der Waals surface area (Å²) in [6.45, 7) is 3.97. The van der Waals surface area contributed by atoms with E-state index in [1.54, 1.807) is 30.2 Å². The molecule has 0 saturated heterocycles. The van der Waals surface area contributed by atoms with Crippen LogP contribution in [0, 0.1) is 0 Å². The highest BCUT2D eigenvalue weighted by atomic mass is 32.2. The van der Waals surface area contributed by atoms with Crippen molar-refractivity contribution in [2.24, 2.45) is 0 Å². The second-order valence-electron chi connectivity index (χ2n) is 6.86. The molecule has 0 fully saturated rings. The molecule has 0 unspecified atom stereocenters. The summed E-state index contributed by atoms with van der Waals surface area (Å²) < 4.78 is 40.9. The lowest BCUT2D eigenvalue weighted by Crippen LogP contribution is -2.32. The van der Waals surface area contributed by atoms with Gasteiger partial charge in [-0.3, -0.25) is 9.59 Å². The molecule has 0 aliphatic carbocycles. The first-order valence-electron chi connectivity index (χ1n) is 9.35. The fraction of sp³-hybridized carbons (Fsp3) is 0.273. The molecule has 1 N–H and O–H groups in total. The van der Waals surface area contributed by atoms with Crippen LogP contribution in [0.4, 0.5) is 13.2 Å². The molecule has 158 valence electrons. The van der Waals surface area contributed by atoms with Gasteiger partial charge < -0.3 is 9.88 Å². The number of thioether (sulfide) groups is 1. The van der Waals surface area contributed by atoms with E-state index in [4.69, 9.17) is 0 Å². The molecule has 0 radical (unpaired) electrons. The Morgan fingerprint density at radius 1 is 1.17 bits per heavy atom. The fourth-order valence-electron chi connectivity index (χ4n) is 3.25. The summed E-state index contributed by atoms with van der Waals surface area (Å²) in [5.74, 6) is -0.622. The number of rotatable bonds is 5. The Balaban J connectivity index is 2.00. The molecule has 1 heterocycles. The molecule has 8 heteroatoms. The quantitative estimate of drug-likeness (QED) is 0.558. The van der Waals surface area contributed by atoms with Crippen LogP contribution in [0.3, 0.4) is 0 Å². The molecule has 0 aliphatic rings. The van der Waals surface area contributed by atoms with Gasteiger partial charge in [0, 0.05) is 23.0 Å². The molecule has 2 aromatic carbocycles. The molecule has 0 aliphatic heterocycles. The minimum Gasteiger partial charge on any atom is -0.347 e. The number of benzene rings is 2. The molecule has 4 nitrogen and oxygen atoms in total. The first-order valence-corrected chi connectivity index (χ1v) is 10.6. The molecule has 0 bridgehead atoms. The highest BCUT2D eigenvalue weighted by Gasteiger charge is 2.31. The summed E-state index contributed by atoms with van der Waals surface area (Å²) in [6, 6.07) is 10.3. The minimum atomic E-state index is -4.58. The van der Waals surface area contributed by atoms with Crippen LogP contribution in [0.2, 0.25) is 0 Å². The number of fused-ring (bicyclic) bond motifs is 1. The highest BCUT2D eigenvalue weighted by molar-refractivity contribution is 7.98. The Labute approximate surface area is 176 Å². The van der Waals surface area contributed by atoms with Crippen LogP contribution < -0.4 is 10.7 Å². The predicted molar refractivity (Wildman–Crippen MR) is 113 cm³/mol. The second kappa shape index (κ2) is 8.55. The van der Waals surface area contributed by atoms with E-state index in [0.717, 1.165) is 22.6 Å². The number of nitrogens with one attached hydrogen (secondary N) is 1. The Hall–Kier alpha value is -2.74. The molecule has 1 amide bonds. The van der Waals surface area contributed by atoms with Crippen LogP contribution in [0.15, 0.2) is 58.4 Å². The number of nitrogens with zero attached hydrogens (tertiary/aromatic N) is 1. The lowest BCUT2D eigenvalue weighted by Gasteiger charge is -2.17. The zero-order chi connectivity index (χ0) is 22.1. The number of amides is 1. The lowest BCUT2D eigenvalue weighted by molar-refractivity contribution is -0.137. The van der Waals surface area contributed by atoms with Gasteiger partial charge >= 0.3 is 6.18 Å². The standard InChI is InChI=1S/C22H21F3N2O2S/c1-4-27-12-18(20(28)17-11-15(22(23,24)25)7-10-19(17)27)21(29)26-13(2)14-5-8-16(30-3)9-6-14/h5-13H,4H2,1-3H3,(H,26,29)/t13-/m0/s1. The average molecular weight is 434 g/mol. The predicted octanol–water partition coefficient (Wildman–Crippen LogP) is 5.25. The summed E-state index contributed by atoms with van der Waals surface area (Å²) in [5, 5.41) is 2.64. The smallest absolute Gasteiger partial charge is 0.347 e. The number of hydrogen-bond acceptors (Lipinski definition) is 3. The van der Waals surface area contributed by atoms with Gasteiger partial charge in [-0.1, -0.05) is 12.1 Å². The van der Waals surface area contributed by atoms with Gasteiger partial charge in [-0.15, -0.1) is 11.8 Å². The van der Waals surface area contributed by atoms with Gasteiger partial charge in [0.05, 0.1) is 17.1 Å². The third-order valence-corrected chi connectivity index (χ3v) is 5.70. The van der Waals surface area contributed by atoms with Crippen LogP contribution in [0.25, 0.3) is 10.9 Å². The van der Waals surface area contributed by atoms with Crippen LogP contribution in [-0.2, 0) is 12.7 Å². The normalized spacial score (nSPS) is 12.7. The van der Waals surface area contributed by atoms with Crippen molar-refractivity contribution < 1.29 is 18.0 Å². The fourth-order valence-corrected chi connectivity index (χ4v) is 3.66. The van der Waals surface area contributed by atoms with Crippen molar-refractivity contribution in [3.63, 3.8) is 0 Å². The first kappa shape index (κ1) is 22.0. The van der Waals surface area contributed by atoms with Crippen LogP contribution in [0.5, 0.6) is 0 Å². The molecular weight excluding hydrogens is 413 g/mol. The van der Waals surface area contributed by atoms with E-state index in [-0.39, 0.29) is 17.0 Å². The highest BCUT2D eigenvalue weighted by Crippen LogP contribution is 2.31. The van der Waals surface area contributed by atoms with Crippen molar-refractivity contribution in [3.05, 3.63) is 75.6 Å². The number of alkyl halides is 3. The monoisotopic (exact) mass is 434 g/mol. The molecule has 0 saturated carbocycles. The Kier molecular flexibility index (Phi) is 6.26. The van der Waals surface area contributed by atoms with Crippen molar-refractivity contribution in [1.29, 1.82) is 0 Å². The number of carbonyl (C=O) groups excluding carboxylic acids is 1. The second-order valence-corrected chi connectivity index (χ2v) is 7.74. The summed E-state index contributed by atoms with van der Waals surface area (Å²) in [4.78, 5) is 26.8. The third kappa shape index (κ3) is 4.38. The first-order chi connectivity index (χ1) is 14.2. The Morgan fingerprint density at radius 2 is 1.83 bits per heavy atom. The van der Waals surface area contributed by atoms with Crippen LogP contribution in [0.1, 0.15) is 41.4 Å². The Morgan fingerprint density at radius 3 is 2.40 bits per heavy atom. The van der Waals surface area contributed by atoms with Crippen molar-refractivity contribution in [2.45, 2.75) is 37.5 Å². The van der Waals surface area contributed by atoms with Gasteiger partial charge in [0.1, 0.15) is 5.56 Å². The van der Waals surface area contributed by atoms with Crippen molar-refractivity contribution >= 4 is 28.6 Å². The molecule has 1 atom stereocenters. The van der Waals surface area contributed by atoms with Gasteiger partial charge in [0.25, 0.3) is 5.91 Å². The van der Waals surface area contributed by atoms with E-state index in [0.29, 0.717) is 12.1 Å². The van der Waals surface area contributed by atoms with Gasteiger partial charge in [-0.25, -0.2) is 0 Å². The molecule has 1 aromatic heterocycles. The van der Waals surface area contributed by atoms with Crippen LogP contribution in [-0.4, -0.2) is 16.7 Å². The summed E-state index contributed by atoms with van der Waals surface area (Å²) in [7, 11) is 0. The van der Waals surface area contributed by atoms with E-state index in [9.17, 15) is 22.8 Å². The zero-order valence-electron chi connectivity index (χ0n) is 16.7.